The van der Waals surface area contributed by atoms with Gasteiger partial charge in [0, 0.05) is 24.5 Å². The zero-order valence-corrected chi connectivity index (χ0v) is 15.0. The van der Waals surface area contributed by atoms with E-state index in [1.807, 2.05) is 53.1 Å². The number of hydrogen-bond donors (Lipinski definition) is 2. The van der Waals surface area contributed by atoms with Crippen LogP contribution in [0.1, 0.15) is 27.3 Å². The van der Waals surface area contributed by atoms with Gasteiger partial charge in [0.25, 0.3) is 5.91 Å². The van der Waals surface area contributed by atoms with Gasteiger partial charge in [-0.1, -0.05) is 12.1 Å². The van der Waals surface area contributed by atoms with E-state index in [1.54, 1.807) is 6.07 Å². The molecule has 0 aliphatic rings. The summed E-state index contributed by atoms with van der Waals surface area (Å²) in [6.07, 6.45) is 0. The van der Waals surface area contributed by atoms with Crippen molar-refractivity contribution in [2.75, 3.05) is 37.8 Å². The van der Waals surface area contributed by atoms with Crippen molar-refractivity contribution < 1.29 is 4.79 Å². The number of nitrogens with zero attached hydrogens (tertiary/aromatic N) is 3. The standard InChI is InChI=1S/C18H25N5O/c1-12-7-6-8-15(14(12)3)21-17(24)16-11-13(2)20-18(22-16)19-9-10-23(4)5/h6-8,11H,9-10H2,1-5H3,(H,21,24)(H,19,20,22). The Morgan fingerprint density at radius 3 is 2.62 bits per heavy atom. The van der Waals surface area contributed by atoms with Crippen LogP contribution in [0.25, 0.3) is 0 Å². The summed E-state index contributed by atoms with van der Waals surface area (Å²) in [5.74, 6) is 0.243. The second kappa shape index (κ2) is 7.88. The average Bonchev–Trinajstić information content (AvgIpc) is 2.51. The topological polar surface area (TPSA) is 70.2 Å². The lowest BCUT2D eigenvalue weighted by Crippen LogP contribution is -2.22. The normalized spacial score (nSPS) is 10.8. The third-order valence-electron chi connectivity index (χ3n) is 3.78. The van der Waals surface area contributed by atoms with Gasteiger partial charge in [0.2, 0.25) is 5.95 Å². The highest BCUT2D eigenvalue weighted by atomic mass is 16.1. The van der Waals surface area contributed by atoms with Crippen molar-refractivity contribution in [3.63, 3.8) is 0 Å². The number of aromatic nitrogens is 2. The summed E-state index contributed by atoms with van der Waals surface area (Å²) in [6.45, 7) is 7.44. The molecule has 0 unspecified atom stereocenters. The Balaban J connectivity index is 2.14. The van der Waals surface area contributed by atoms with Gasteiger partial charge in [0.15, 0.2) is 0 Å². The molecule has 0 radical (unpaired) electrons. The van der Waals surface area contributed by atoms with Crippen LogP contribution in [0.5, 0.6) is 0 Å². The van der Waals surface area contributed by atoms with Crippen LogP contribution >= 0.6 is 0 Å². The minimum atomic E-state index is -0.232. The number of likely N-dealkylation sites (N-methyl/N-ethyl adjacent to an activating group) is 1. The van der Waals surface area contributed by atoms with Gasteiger partial charge < -0.3 is 15.5 Å². The number of carbonyl (C=O) groups is 1. The minimum Gasteiger partial charge on any atom is -0.353 e. The lowest BCUT2D eigenvalue weighted by atomic mass is 10.1. The number of amides is 1. The SMILES string of the molecule is Cc1cc(C(=O)Nc2cccc(C)c2C)nc(NCCN(C)C)n1. The smallest absolute Gasteiger partial charge is 0.274 e. The number of hydrogen-bond acceptors (Lipinski definition) is 5. The second-order valence-corrected chi connectivity index (χ2v) is 6.15. The first-order chi connectivity index (χ1) is 11.4. The fraction of sp³-hybridized carbons (Fsp3) is 0.389. The van der Waals surface area contributed by atoms with Crippen molar-refractivity contribution in [2.24, 2.45) is 0 Å². The third kappa shape index (κ3) is 4.76. The van der Waals surface area contributed by atoms with Crippen molar-refractivity contribution in [2.45, 2.75) is 20.8 Å². The van der Waals surface area contributed by atoms with Gasteiger partial charge in [0.1, 0.15) is 5.69 Å². The Morgan fingerprint density at radius 2 is 1.92 bits per heavy atom. The first-order valence-electron chi connectivity index (χ1n) is 7.98. The zero-order valence-electron chi connectivity index (χ0n) is 15.0. The first-order valence-corrected chi connectivity index (χ1v) is 7.98. The van der Waals surface area contributed by atoms with Gasteiger partial charge in [-0.15, -0.1) is 0 Å². The fourth-order valence-electron chi connectivity index (χ4n) is 2.23. The molecule has 0 aliphatic heterocycles. The molecule has 2 N–H and O–H groups in total. The molecule has 6 heteroatoms. The van der Waals surface area contributed by atoms with Crippen LogP contribution in [0.4, 0.5) is 11.6 Å². The first kappa shape index (κ1) is 17.9. The van der Waals surface area contributed by atoms with E-state index in [1.165, 1.54) is 0 Å². The molecule has 128 valence electrons. The average molecular weight is 327 g/mol. The lowest BCUT2D eigenvalue weighted by molar-refractivity contribution is 0.102. The highest BCUT2D eigenvalue weighted by molar-refractivity contribution is 6.03. The molecule has 0 aliphatic carbocycles. The molecule has 6 nitrogen and oxygen atoms in total. The van der Waals surface area contributed by atoms with E-state index in [-0.39, 0.29) is 5.91 Å². The summed E-state index contributed by atoms with van der Waals surface area (Å²) in [5.41, 5.74) is 4.11. The Morgan fingerprint density at radius 1 is 1.17 bits per heavy atom. The van der Waals surface area contributed by atoms with E-state index in [0.29, 0.717) is 18.2 Å². The van der Waals surface area contributed by atoms with Crippen molar-refractivity contribution in [3.8, 4) is 0 Å². The van der Waals surface area contributed by atoms with Gasteiger partial charge in [-0.3, -0.25) is 4.79 Å². The summed E-state index contributed by atoms with van der Waals surface area (Å²) in [4.78, 5) is 23.2. The maximum absolute atomic E-state index is 12.5. The van der Waals surface area contributed by atoms with Gasteiger partial charge in [-0.25, -0.2) is 9.97 Å². The van der Waals surface area contributed by atoms with Crippen LogP contribution < -0.4 is 10.6 Å². The summed E-state index contributed by atoms with van der Waals surface area (Å²) in [7, 11) is 4.00. The number of aryl methyl sites for hydroxylation is 2. The van der Waals surface area contributed by atoms with Gasteiger partial charge in [-0.2, -0.15) is 0 Å². The summed E-state index contributed by atoms with van der Waals surface area (Å²) >= 11 is 0. The summed E-state index contributed by atoms with van der Waals surface area (Å²) in [5, 5.41) is 6.08. The minimum absolute atomic E-state index is 0.232. The van der Waals surface area contributed by atoms with Crippen LogP contribution in [-0.4, -0.2) is 48.0 Å². The molecule has 0 saturated carbocycles. The van der Waals surface area contributed by atoms with E-state index < -0.39 is 0 Å². The molecule has 2 rings (SSSR count). The Kier molecular flexibility index (Phi) is 5.87. The molecule has 0 fully saturated rings. The molecular formula is C18H25N5O. The van der Waals surface area contributed by atoms with Crippen LogP contribution in [0.2, 0.25) is 0 Å². The zero-order chi connectivity index (χ0) is 17.7. The van der Waals surface area contributed by atoms with Crippen molar-refractivity contribution >= 4 is 17.5 Å². The quantitative estimate of drug-likeness (QED) is 0.853. The highest BCUT2D eigenvalue weighted by Gasteiger charge is 2.12. The van der Waals surface area contributed by atoms with Crippen LogP contribution in [0.15, 0.2) is 24.3 Å². The van der Waals surface area contributed by atoms with Crippen LogP contribution in [0, 0.1) is 20.8 Å². The Bertz CT molecular complexity index is 727. The number of rotatable bonds is 6. The molecular weight excluding hydrogens is 302 g/mol. The van der Waals surface area contributed by atoms with E-state index in [9.17, 15) is 4.79 Å². The molecule has 0 spiro atoms. The maximum atomic E-state index is 12.5. The number of nitrogens with one attached hydrogen (secondary N) is 2. The molecule has 0 bridgehead atoms. The van der Waals surface area contributed by atoms with E-state index in [0.717, 1.165) is 29.1 Å². The maximum Gasteiger partial charge on any atom is 0.274 e. The predicted molar refractivity (Wildman–Crippen MR) is 97.7 cm³/mol. The Labute approximate surface area is 143 Å². The van der Waals surface area contributed by atoms with Gasteiger partial charge in [-0.05, 0) is 58.1 Å². The van der Waals surface area contributed by atoms with Crippen molar-refractivity contribution in [3.05, 3.63) is 46.8 Å². The number of anilines is 2. The van der Waals surface area contributed by atoms with Gasteiger partial charge >= 0.3 is 0 Å². The summed E-state index contributed by atoms with van der Waals surface area (Å²) < 4.78 is 0. The molecule has 0 saturated heterocycles. The van der Waals surface area contributed by atoms with Gasteiger partial charge in [0.05, 0.1) is 0 Å². The highest BCUT2D eigenvalue weighted by Crippen LogP contribution is 2.19. The molecule has 1 aromatic carbocycles. The lowest BCUT2D eigenvalue weighted by Gasteiger charge is -2.12. The molecule has 0 atom stereocenters. The summed E-state index contributed by atoms with van der Waals surface area (Å²) in [6, 6.07) is 7.53. The molecule has 2 aromatic rings. The van der Waals surface area contributed by atoms with Crippen LogP contribution in [-0.2, 0) is 0 Å². The molecule has 1 aromatic heterocycles. The Hall–Kier alpha value is -2.47. The fourth-order valence-corrected chi connectivity index (χ4v) is 2.23. The van der Waals surface area contributed by atoms with Crippen molar-refractivity contribution in [1.82, 2.24) is 14.9 Å². The van der Waals surface area contributed by atoms with E-state index >= 15 is 0 Å². The molecule has 1 amide bonds. The third-order valence-corrected chi connectivity index (χ3v) is 3.78. The van der Waals surface area contributed by atoms with E-state index in [2.05, 4.69) is 25.5 Å². The monoisotopic (exact) mass is 327 g/mol. The second-order valence-electron chi connectivity index (χ2n) is 6.15. The van der Waals surface area contributed by atoms with Crippen molar-refractivity contribution in [1.29, 1.82) is 0 Å². The van der Waals surface area contributed by atoms with E-state index in [4.69, 9.17) is 0 Å². The predicted octanol–water partition coefficient (Wildman–Crippen LogP) is 2.63. The number of carbonyl (C=O) groups excluding carboxylic acids is 1. The van der Waals surface area contributed by atoms with Crippen LogP contribution in [0.3, 0.4) is 0 Å². The molecule has 1 heterocycles. The molecule has 24 heavy (non-hydrogen) atoms. The number of benzene rings is 1. The largest absolute Gasteiger partial charge is 0.353 e.